The number of halogens is 9. The molecule has 0 bridgehead atoms. The highest BCUT2D eigenvalue weighted by molar-refractivity contribution is 5.76. The lowest BCUT2D eigenvalue weighted by Gasteiger charge is -2.33. The number of hydrogen-bond acceptors (Lipinski definition) is 5. The van der Waals surface area contributed by atoms with Crippen molar-refractivity contribution in [1.29, 1.82) is 0 Å². The number of benzene rings is 1. The smallest absolute Gasteiger partial charge is 0.460 e. The zero-order chi connectivity index (χ0) is 30.4. The summed E-state index contributed by atoms with van der Waals surface area (Å²) in [4.78, 5) is 24.4. The van der Waals surface area contributed by atoms with Gasteiger partial charge in [-0.3, -0.25) is 4.79 Å². The Morgan fingerprint density at radius 1 is 0.846 bits per heavy atom. The van der Waals surface area contributed by atoms with E-state index < -0.39 is 55.5 Å². The molecule has 0 heterocycles. The molecule has 1 atom stereocenters. The number of carbonyl (C=O) groups is 2. The van der Waals surface area contributed by atoms with E-state index in [4.69, 9.17) is 9.47 Å². The van der Waals surface area contributed by atoms with E-state index in [0.29, 0.717) is 6.42 Å². The van der Waals surface area contributed by atoms with E-state index >= 15 is 0 Å². The Kier molecular flexibility index (Phi) is 11.2. The number of carbonyl (C=O) groups excluding carboxylic acids is 2. The summed E-state index contributed by atoms with van der Waals surface area (Å²) in [5.41, 5.74) is -0.316. The predicted molar refractivity (Wildman–Crippen MR) is 121 cm³/mol. The summed E-state index contributed by atoms with van der Waals surface area (Å²) in [5.74, 6) is -21.4. The van der Waals surface area contributed by atoms with Gasteiger partial charge in [-0.2, -0.15) is 39.5 Å². The molecule has 39 heavy (non-hydrogen) atoms. The summed E-state index contributed by atoms with van der Waals surface area (Å²) in [5, 5.41) is 0. The Hall–Kier alpha value is -2.67. The minimum absolute atomic E-state index is 0.0287. The molecular formula is C25H31F9O5. The van der Waals surface area contributed by atoms with E-state index in [0.717, 1.165) is 6.42 Å². The van der Waals surface area contributed by atoms with Crippen LogP contribution >= 0.6 is 0 Å². The van der Waals surface area contributed by atoms with Crippen LogP contribution in [0.3, 0.4) is 0 Å². The molecule has 1 rings (SSSR count). The SMILES string of the molecule is CCC(C)(C)C(CC(C)C)C(=O)Oc1ccc(OCC(=O)OCCC(F)(F)C(F)(F)C(F)(F)C(F)(F)F)cc1. The molecule has 0 saturated carbocycles. The van der Waals surface area contributed by atoms with E-state index in [2.05, 4.69) is 4.74 Å². The second-order valence-corrected chi connectivity index (χ2v) is 10.0. The molecule has 0 spiro atoms. The molecule has 0 aromatic heterocycles. The predicted octanol–water partition coefficient (Wildman–Crippen LogP) is 7.47. The molecule has 0 aliphatic rings. The van der Waals surface area contributed by atoms with E-state index in [9.17, 15) is 49.1 Å². The molecular weight excluding hydrogens is 551 g/mol. The number of ether oxygens (including phenoxy) is 3. The number of alkyl halides is 9. The number of esters is 2. The summed E-state index contributed by atoms with van der Waals surface area (Å²) in [6.07, 6.45) is -7.88. The van der Waals surface area contributed by atoms with Gasteiger partial charge in [-0.05, 0) is 42.0 Å². The van der Waals surface area contributed by atoms with Crippen molar-refractivity contribution in [1.82, 2.24) is 0 Å². The number of hydrogen-bond donors (Lipinski definition) is 0. The van der Waals surface area contributed by atoms with Crippen molar-refractivity contribution in [3.05, 3.63) is 24.3 Å². The highest BCUT2D eigenvalue weighted by atomic mass is 19.4. The van der Waals surface area contributed by atoms with Crippen LogP contribution in [0, 0.1) is 17.3 Å². The van der Waals surface area contributed by atoms with Gasteiger partial charge in [-0.1, -0.05) is 41.0 Å². The fraction of sp³-hybridized carbons (Fsp3) is 0.680. The van der Waals surface area contributed by atoms with Gasteiger partial charge in [-0.25, -0.2) is 4.79 Å². The molecule has 224 valence electrons. The Balaban J connectivity index is 2.66. The maximum atomic E-state index is 13.5. The monoisotopic (exact) mass is 582 g/mol. The van der Waals surface area contributed by atoms with Gasteiger partial charge in [0.25, 0.3) is 0 Å². The molecule has 0 N–H and O–H groups in total. The van der Waals surface area contributed by atoms with Crippen LogP contribution in [0.5, 0.6) is 11.5 Å². The van der Waals surface area contributed by atoms with Gasteiger partial charge in [0, 0.05) is 0 Å². The summed E-state index contributed by atoms with van der Waals surface area (Å²) in [6.45, 7) is 7.33. The fourth-order valence-corrected chi connectivity index (χ4v) is 3.28. The van der Waals surface area contributed by atoms with Crippen LogP contribution in [0.4, 0.5) is 39.5 Å². The summed E-state index contributed by atoms with van der Waals surface area (Å²) >= 11 is 0. The van der Waals surface area contributed by atoms with Crippen LogP contribution < -0.4 is 9.47 Å². The van der Waals surface area contributed by atoms with Crippen LogP contribution in [-0.2, 0) is 14.3 Å². The van der Waals surface area contributed by atoms with Crippen molar-refractivity contribution < 1.29 is 63.3 Å². The first kappa shape index (κ1) is 34.4. The van der Waals surface area contributed by atoms with Crippen molar-refractivity contribution in [2.45, 2.75) is 77.8 Å². The van der Waals surface area contributed by atoms with E-state index in [1.54, 1.807) is 0 Å². The third-order valence-corrected chi connectivity index (χ3v) is 6.13. The molecule has 0 amide bonds. The van der Waals surface area contributed by atoms with Crippen molar-refractivity contribution in [2.75, 3.05) is 13.2 Å². The van der Waals surface area contributed by atoms with E-state index in [1.807, 2.05) is 34.6 Å². The average Bonchev–Trinajstić information content (AvgIpc) is 2.80. The first-order valence-electron chi connectivity index (χ1n) is 11.9. The molecule has 0 aliphatic carbocycles. The van der Waals surface area contributed by atoms with Crippen LogP contribution in [0.15, 0.2) is 24.3 Å². The molecule has 5 nitrogen and oxygen atoms in total. The maximum Gasteiger partial charge on any atom is 0.460 e. The van der Waals surface area contributed by atoms with Crippen LogP contribution in [0.1, 0.15) is 53.9 Å². The molecule has 0 fully saturated rings. The topological polar surface area (TPSA) is 61.8 Å². The van der Waals surface area contributed by atoms with Gasteiger partial charge in [0.2, 0.25) is 0 Å². The quantitative estimate of drug-likeness (QED) is 0.129. The van der Waals surface area contributed by atoms with Crippen LogP contribution in [0.2, 0.25) is 0 Å². The molecule has 14 heteroatoms. The lowest BCUT2D eigenvalue weighted by atomic mass is 9.73. The summed E-state index contributed by atoms with van der Waals surface area (Å²) in [6, 6.07) is 5.30. The lowest BCUT2D eigenvalue weighted by Crippen LogP contribution is -2.61. The van der Waals surface area contributed by atoms with Gasteiger partial charge in [-0.15, -0.1) is 0 Å². The number of rotatable bonds is 14. The Labute approximate surface area is 220 Å². The summed E-state index contributed by atoms with van der Waals surface area (Å²) in [7, 11) is 0. The zero-order valence-corrected chi connectivity index (χ0v) is 21.9. The minimum Gasteiger partial charge on any atom is -0.482 e. The second kappa shape index (κ2) is 12.7. The van der Waals surface area contributed by atoms with Crippen molar-refractivity contribution in [3.63, 3.8) is 0 Å². The zero-order valence-electron chi connectivity index (χ0n) is 21.9. The van der Waals surface area contributed by atoms with E-state index in [1.165, 1.54) is 24.3 Å². The van der Waals surface area contributed by atoms with Crippen LogP contribution in [0.25, 0.3) is 0 Å². The van der Waals surface area contributed by atoms with Crippen molar-refractivity contribution >= 4 is 11.9 Å². The highest BCUT2D eigenvalue weighted by Gasteiger charge is 2.81. The van der Waals surface area contributed by atoms with Gasteiger partial charge in [0.1, 0.15) is 11.5 Å². The Morgan fingerprint density at radius 3 is 1.82 bits per heavy atom. The van der Waals surface area contributed by atoms with Gasteiger partial charge >= 0.3 is 35.9 Å². The molecule has 1 unspecified atom stereocenters. The van der Waals surface area contributed by atoms with E-state index in [-0.39, 0.29) is 28.7 Å². The fourth-order valence-electron chi connectivity index (χ4n) is 3.28. The molecule has 0 radical (unpaired) electrons. The first-order valence-corrected chi connectivity index (χ1v) is 11.9. The van der Waals surface area contributed by atoms with Crippen molar-refractivity contribution in [2.24, 2.45) is 17.3 Å². The molecule has 0 aliphatic heterocycles. The third-order valence-electron chi connectivity index (χ3n) is 6.13. The van der Waals surface area contributed by atoms with Crippen LogP contribution in [-0.4, -0.2) is 49.1 Å². The minimum atomic E-state index is -7.02. The maximum absolute atomic E-state index is 13.5. The molecule has 1 aromatic carbocycles. The normalized spacial score (nSPS) is 14.2. The lowest BCUT2D eigenvalue weighted by molar-refractivity contribution is -0.397. The average molecular weight is 583 g/mol. The third kappa shape index (κ3) is 8.66. The first-order chi connectivity index (χ1) is 17.6. The highest BCUT2D eigenvalue weighted by Crippen LogP contribution is 2.54. The van der Waals surface area contributed by atoms with Gasteiger partial charge in [0.05, 0.1) is 18.9 Å². The van der Waals surface area contributed by atoms with Gasteiger partial charge < -0.3 is 14.2 Å². The molecule has 1 aromatic rings. The van der Waals surface area contributed by atoms with Crippen molar-refractivity contribution in [3.8, 4) is 11.5 Å². The Morgan fingerprint density at radius 2 is 1.36 bits per heavy atom. The summed E-state index contributed by atoms with van der Waals surface area (Å²) < 4.78 is 130. The standard InChI is InChI=1S/C25H31F9O5/c1-6-21(4,5)18(13-15(2)3)20(36)39-17-9-7-16(8-10-17)38-14-19(35)37-12-11-22(26,27)23(28,29)24(30,31)25(32,33)34/h7-10,15,18H,6,11-14H2,1-5H3. The second-order valence-electron chi connectivity index (χ2n) is 10.0. The largest absolute Gasteiger partial charge is 0.482 e. The Bertz CT molecular complexity index is 958. The van der Waals surface area contributed by atoms with Gasteiger partial charge in [0.15, 0.2) is 6.61 Å². The molecule has 0 saturated heterocycles.